The van der Waals surface area contributed by atoms with Gasteiger partial charge in [0.15, 0.2) is 0 Å². The number of nitrogens with one attached hydrogen (secondary N) is 2. The van der Waals surface area contributed by atoms with Gasteiger partial charge in [-0.3, -0.25) is 4.79 Å². The molecule has 0 atom stereocenters. The Morgan fingerprint density at radius 1 is 1.06 bits per heavy atom. The number of carbonyl (C=O) groups is 1. The minimum atomic E-state index is -0.0904. The fourth-order valence-electron chi connectivity index (χ4n) is 3.56. The summed E-state index contributed by atoms with van der Waals surface area (Å²) in [5, 5.41) is 7.28. The molecule has 0 aliphatic heterocycles. The van der Waals surface area contributed by atoms with E-state index in [1.807, 2.05) is 56.3 Å². The van der Waals surface area contributed by atoms with Gasteiger partial charge >= 0.3 is 0 Å². The highest BCUT2D eigenvalue weighted by atomic mass is 32.1. The van der Waals surface area contributed by atoms with Crippen molar-refractivity contribution in [2.24, 2.45) is 0 Å². The van der Waals surface area contributed by atoms with Crippen molar-refractivity contribution >= 4 is 39.0 Å². The van der Waals surface area contributed by atoms with E-state index in [2.05, 4.69) is 39.7 Å². The molecule has 4 rings (SSSR count). The highest BCUT2D eigenvalue weighted by Crippen LogP contribution is 2.40. The van der Waals surface area contributed by atoms with E-state index in [1.54, 1.807) is 17.7 Å². The Labute approximate surface area is 191 Å². The molecule has 164 valence electrons. The topological polar surface area (TPSA) is 76.1 Å². The summed E-state index contributed by atoms with van der Waals surface area (Å²) in [7, 11) is 0. The number of benzene rings is 2. The van der Waals surface area contributed by atoms with Crippen LogP contribution >= 0.6 is 11.3 Å². The summed E-state index contributed by atoms with van der Waals surface area (Å²) in [5.74, 6) is 1.32. The monoisotopic (exact) mass is 446 g/mol. The maximum atomic E-state index is 12.6. The Morgan fingerprint density at radius 2 is 1.81 bits per heavy atom. The molecule has 0 unspecified atom stereocenters. The molecule has 7 heteroatoms. The van der Waals surface area contributed by atoms with E-state index in [4.69, 9.17) is 4.74 Å². The number of aromatic nitrogens is 2. The summed E-state index contributed by atoms with van der Waals surface area (Å²) in [4.78, 5) is 23.6. The van der Waals surface area contributed by atoms with E-state index in [1.165, 1.54) is 4.88 Å². The zero-order valence-electron chi connectivity index (χ0n) is 18.4. The minimum absolute atomic E-state index is 0.0303. The predicted molar refractivity (Wildman–Crippen MR) is 132 cm³/mol. The normalized spacial score (nSPS) is 11.0. The molecule has 2 aromatic carbocycles. The first-order valence-corrected chi connectivity index (χ1v) is 11.4. The molecule has 32 heavy (non-hydrogen) atoms. The Balaban J connectivity index is 1.47. The molecule has 0 spiro atoms. The summed E-state index contributed by atoms with van der Waals surface area (Å²) in [6.45, 7) is 6.47. The molecule has 0 aliphatic carbocycles. The molecule has 0 fully saturated rings. The van der Waals surface area contributed by atoms with Crippen LogP contribution in [0.3, 0.4) is 0 Å². The Hall–Kier alpha value is -3.45. The number of ether oxygens (including phenoxy) is 1. The average molecular weight is 447 g/mol. The number of fused-ring (bicyclic) bond motifs is 1. The third-order valence-electron chi connectivity index (χ3n) is 4.90. The lowest BCUT2D eigenvalue weighted by Crippen LogP contribution is -2.18. The van der Waals surface area contributed by atoms with Crippen molar-refractivity contribution in [2.45, 2.75) is 33.3 Å². The fraction of sp³-hybridized carbons (Fsp3) is 0.240. The number of anilines is 2. The molecule has 1 amide bonds. The number of aryl methyl sites for hydroxylation is 1. The van der Waals surface area contributed by atoms with E-state index < -0.39 is 0 Å². The van der Waals surface area contributed by atoms with Crippen molar-refractivity contribution in [3.8, 4) is 16.9 Å². The van der Waals surface area contributed by atoms with Gasteiger partial charge in [0.2, 0.25) is 5.91 Å². The second kappa shape index (κ2) is 9.78. The van der Waals surface area contributed by atoms with Crippen LogP contribution in [0.1, 0.15) is 25.1 Å². The number of amides is 1. The molecule has 0 saturated carbocycles. The minimum Gasteiger partial charge on any atom is -0.489 e. The zero-order valence-corrected chi connectivity index (χ0v) is 19.2. The molecule has 0 saturated heterocycles. The van der Waals surface area contributed by atoms with Crippen molar-refractivity contribution in [2.75, 3.05) is 17.2 Å². The first-order chi connectivity index (χ1) is 15.5. The van der Waals surface area contributed by atoms with Gasteiger partial charge in [0, 0.05) is 23.4 Å². The molecule has 4 aromatic rings. The van der Waals surface area contributed by atoms with Gasteiger partial charge in [-0.15, -0.1) is 11.3 Å². The molecule has 6 nitrogen and oxygen atoms in total. The summed E-state index contributed by atoms with van der Waals surface area (Å²) < 4.78 is 5.78. The van der Waals surface area contributed by atoms with Gasteiger partial charge in [0.1, 0.15) is 22.7 Å². The number of thiophene rings is 1. The van der Waals surface area contributed by atoms with Crippen molar-refractivity contribution < 1.29 is 9.53 Å². The van der Waals surface area contributed by atoms with Gasteiger partial charge < -0.3 is 15.4 Å². The van der Waals surface area contributed by atoms with Gasteiger partial charge in [-0.05, 0) is 38.5 Å². The standard InChI is InChI=1S/C25H26N4O2S/c1-16(2)31-20-12-8-7-11-19(20)29-21(30)13-14-26-24-23-22(18-9-5-4-6-10-18)17(3)32-25(23)28-15-27-24/h4-12,15-16H,13-14H2,1-3H3,(H,29,30)(H,26,27,28). The summed E-state index contributed by atoms with van der Waals surface area (Å²) in [6, 6.07) is 17.7. The molecule has 0 aliphatic rings. The second-order valence-corrected chi connectivity index (χ2v) is 8.89. The van der Waals surface area contributed by atoms with Crippen LogP contribution in [-0.4, -0.2) is 28.5 Å². The van der Waals surface area contributed by atoms with Crippen LogP contribution in [0.25, 0.3) is 21.3 Å². The molecular weight excluding hydrogens is 420 g/mol. The number of hydrogen-bond acceptors (Lipinski definition) is 6. The lowest BCUT2D eigenvalue weighted by molar-refractivity contribution is -0.116. The largest absolute Gasteiger partial charge is 0.489 e. The number of nitrogens with zero attached hydrogens (tertiary/aromatic N) is 2. The first kappa shape index (κ1) is 21.8. The molecule has 0 bridgehead atoms. The van der Waals surface area contributed by atoms with Crippen molar-refractivity contribution in [3.63, 3.8) is 0 Å². The number of rotatable bonds is 8. The predicted octanol–water partition coefficient (Wildman–Crippen LogP) is 5.89. The van der Waals surface area contributed by atoms with Crippen LogP contribution in [0.15, 0.2) is 60.9 Å². The maximum Gasteiger partial charge on any atom is 0.226 e. The van der Waals surface area contributed by atoms with Crippen molar-refractivity contribution in [1.29, 1.82) is 0 Å². The van der Waals surface area contributed by atoms with Crippen LogP contribution in [0.4, 0.5) is 11.5 Å². The first-order valence-electron chi connectivity index (χ1n) is 10.6. The van der Waals surface area contributed by atoms with Crippen LogP contribution in [0.2, 0.25) is 0 Å². The average Bonchev–Trinajstić information content (AvgIpc) is 3.12. The van der Waals surface area contributed by atoms with Gasteiger partial charge in [-0.1, -0.05) is 42.5 Å². The fourth-order valence-corrected chi connectivity index (χ4v) is 4.58. The van der Waals surface area contributed by atoms with Gasteiger partial charge in [-0.2, -0.15) is 0 Å². The third kappa shape index (κ3) is 4.89. The molecule has 2 N–H and O–H groups in total. The van der Waals surface area contributed by atoms with E-state index in [9.17, 15) is 4.79 Å². The van der Waals surface area contributed by atoms with E-state index in [0.717, 1.165) is 27.2 Å². The molecule has 2 heterocycles. The van der Waals surface area contributed by atoms with E-state index in [0.29, 0.717) is 24.4 Å². The Morgan fingerprint density at radius 3 is 2.59 bits per heavy atom. The van der Waals surface area contributed by atoms with Crippen molar-refractivity contribution in [1.82, 2.24) is 9.97 Å². The number of hydrogen-bond donors (Lipinski definition) is 2. The van der Waals surface area contributed by atoms with Crippen LogP contribution in [0.5, 0.6) is 5.75 Å². The van der Waals surface area contributed by atoms with Crippen LogP contribution in [0, 0.1) is 6.92 Å². The summed E-state index contributed by atoms with van der Waals surface area (Å²) in [6.07, 6.45) is 1.89. The number of para-hydroxylation sites is 2. The van der Waals surface area contributed by atoms with Crippen LogP contribution in [-0.2, 0) is 4.79 Å². The van der Waals surface area contributed by atoms with E-state index >= 15 is 0 Å². The van der Waals surface area contributed by atoms with E-state index in [-0.39, 0.29) is 12.0 Å². The molecular formula is C25H26N4O2S. The second-order valence-electron chi connectivity index (χ2n) is 7.69. The Kier molecular flexibility index (Phi) is 6.66. The van der Waals surface area contributed by atoms with Crippen molar-refractivity contribution in [3.05, 3.63) is 65.8 Å². The highest BCUT2D eigenvalue weighted by Gasteiger charge is 2.17. The number of carbonyl (C=O) groups excluding carboxylic acids is 1. The van der Waals surface area contributed by atoms with Gasteiger partial charge in [-0.25, -0.2) is 9.97 Å². The third-order valence-corrected chi connectivity index (χ3v) is 5.91. The van der Waals surface area contributed by atoms with Gasteiger partial charge in [0.25, 0.3) is 0 Å². The smallest absolute Gasteiger partial charge is 0.226 e. The Bertz CT molecular complexity index is 1220. The SMILES string of the molecule is Cc1sc2ncnc(NCCC(=O)Nc3ccccc3OC(C)C)c2c1-c1ccccc1. The summed E-state index contributed by atoms with van der Waals surface area (Å²) >= 11 is 1.65. The zero-order chi connectivity index (χ0) is 22.5. The molecule has 0 radical (unpaired) electrons. The quantitative estimate of drug-likeness (QED) is 0.353. The molecule has 2 aromatic heterocycles. The van der Waals surface area contributed by atoms with Gasteiger partial charge in [0.05, 0.1) is 17.2 Å². The maximum absolute atomic E-state index is 12.6. The highest BCUT2D eigenvalue weighted by molar-refractivity contribution is 7.19. The lowest BCUT2D eigenvalue weighted by Gasteiger charge is -2.15. The summed E-state index contributed by atoms with van der Waals surface area (Å²) in [5.41, 5.74) is 2.95. The van der Waals surface area contributed by atoms with Crippen LogP contribution < -0.4 is 15.4 Å². The lowest BCUT2D eigenvalue weighted by atomic mass is 10.0.